The second kappa shape index (κ2) is 5.86. The molecule has 19 heavy (non-hydrogen) atoms. The largest absolute Gasteiger partial charge is 0.477 e. The van der Waals surface area contributed by atoms with Gasteiger partial charge in [-0.3, -0.25) is 4.79 Å². The molecule has 1 saturated carbocycles. The maximum absolute atomic E-state index is 12.2. The Morgan fingerprint density at radius 3 is 2.74 bits per heavy atom. The molecule has 1 aliphatic rings. The van der Waals surface area contributed by atoms with Crippen molar-refractivity contribution in [2.75, 3.05) is 13.6 Å². The minimum atomic E-state index is -1.16. The summed E-state index contributed by atoms with van der Waals surface area (Å²) < 4.78 is 0. The molecular formula is C13H19N3O3. The topological polar surface area (TPSA) is 86.3 Å². The number of nitrogens with one attached hydrogen (secondary N) is 1. The fourth-order valence-electron chi connectivity index (χ4n) is 2.64. The molecule has 0 unspecified atom stereocenters. The first-order chi connectivity index (χ1) is 9.09. The van der Waals surface area contributed by atoms with Crippen LogP contribution in [0.25, 0.3) is 0 Å². The van der Waals surface area contributed by atoms with Gasteiger partial charge in [-0.2, -0.15) is 0 Å². The molecule has 2 rings (SSSR count). The zero-order chi connectivity index (χ0) is 13.8. The molecule has 0 aromatic carbocycles. The number of carbonyl (C=O) groups excluding carboxylic acids is 1. The molecule has 104 valence electrons. The number of aromatic nitrogens is 2. The van der Waals surface area contributed by atoms with Gasteiger partial charge in [-0.25, -0.2) is 9.78 Å². The highest BCUT2D eigenvalue weighted by Gasteiger charge is 2.24. The second-order valence-corrected chi connectivity index (χ2v) is 5.12. The van der Waals surface area contributed by atoms with E-state index in [2.05, 4.69) is 9.97 Å². The maximum atomic E-state index is 12.2. The van der Waals surface area contributed by atoms with Crippen LogP contribution in [0.4, 0.5) is 0 Å². The number of hydrogen-bond acceptors (Lipinski definition) is 3. The predicted molar refractivity (Wildman–Crippen MR) is 69.1 cm³/mol. The molecule has 0 radical (unpaired) electrons. The molecule has 6 nitrogen and oxygen atoms in total. The van der Waals surface area contributed by atoms with Gasteiger partial charge in [0.2, 0.25) is 0 Å². The van der Waals surface area contributed by atoms with Crippen LogP contribution in [0, 0.1) is 5.92 Å². The number of aromatic amines is 1. The maximum Gasteiger partial charge on any atom is 0.354 e. The zero-order valence-electron chi connectivity index (χ0n) is 11.1. The first-order valence-electron chi connectivity index (χ1n) is 6.61. The molecule has 1 amide bonds. The van der Waals surface area contributed by atoms with E-state index in [0.717, 1.165) is 12.8 Å². The van der Waals surface area contributed by atoms with Crippen LogP contribution in [-0.2, 0) is 0 Å². The van der Waals surface area contributed by atoms with E-state index >= 15 is 0 Å². The smallest absolute Gasteiger partial charge is 0.354 e. The Hall–Kier alpha value is -1.85. The van der Waals surface area contributed by atoms with Gasteiger partial charge >= 0.3 is 5.97 Å². The fourth-order valence-corrected chi connectivity index (χ4v) is 2.64. The van der Waals surface area contributed by atoms with Crippen LogP contribution in [0.5, 0.6) is 0 Å². The van der Waals surface area contributed by atoms with Crippen LogP contribution < -0.4 is 0 Å². The van der Waals surface area contributed by atoms with Crippen LogP contribution >= 0.6 is 0 Å². The van der Waals surface area contributed by atoms with Crippen LogP contribution in [-0.4, -0.2) is 45.4 Å². The average molecular weight is 265 g/mol. The summed E-state index contributed by atoms with van der Waals surface area (Å²) in [5, 5.41) is 8.96. The number of hydrogen-bond donors (Lipinski definition) is 2. The van der Waals surface area contributed by atoms with Gasteiger partial charge in [0.25, 0.3) is 5.91 Å². The van der Waals surface area contributed by atoms with Crippen molar-refractivity contribution in [2.45, 2.75) is 32.1 Å². The lowest BCUT2D eigenvalue weighted by Gasteiger charge is -2.26. The summed E-state index contributed by atoms with van der Waals surface area (Å²) in [5.74, 6) is -0.967. The molecule has 0 aliphatic heterocycles. The molecule has 0 spiro atoms. The molecule has 1 aromatic rings. The highest BCUT2D eigenvalue weighted by molar-refractivity contribution is 6.02. The molecule has 2 N–H and O–H groups in total. The van der Waals surface area contributed by atoms with Crippen molar-refractivity contribution in [1.29, 1.82) is 0 Å². The first kappa shape index (κ1) is 13.6. The van der Waals surface area contributed by atoms with Crippen molar-refractivity contribution in [2.24, 2.45) is 5.92 Å². The van der Waals surface area contributed by atoms with E-state index < -0.39 is 5.97 Å². The fraction of sp³-hybridized carbons (Fsp3) is 0.615. The zero-order valence-corrected chi connectivity index (χ0v) is 11.1. The van der Waals surface area contributed by atoms with Crippen molar-refractivity contribution >= 4 is 11.9 Å². The molecule has 1 aliphatic carbocycles. The number of imidazole rings is 1. The lowest BCUT2D eigenvalue weighted by atomic mass is 9.89. The molecule has 0 saturated heterocycles. The number of aromatic carboxylic acids is 1. The van der Waals surface area contributed by atoms with Crippen molar-refractivity contribution < 1.29 is 14.7 Å². The molecule has 1 aromatic heterocycles. The standard InChI is InChI=1S/C13H19N3O3/c1-16(7-9-5-3-2-4-6-9)12(17)10-11(13(18)19)15-8-14-10/h8-9H,2-7H2,1H3,(H,14,15)(H,18,19). The summed E-state index contributed by atoms with van der Waals surface area (Å²) in [6.07, 6.45) is 7.24. The van der Waals surface area contributed by atoms with Gasteiger partial charge < -0.3 is 15.0 Å². The number of carbonyl (C=O) groups is 2. The number of carboxylic acids is 1. The highest BCUT2D eigenvalue weighted by atomic mass is 16.4. The summed E-state index contributed by atoms with van der Waals surface area (Å²) in [6.45, 7) is 0.671. The quantitative estimate of drug-likeness (QED) is 0.868. The molecular weight excluding hydrogens is 246 g/mol. The summed E-state index contributed by atoms with van der Waals surface area (Å²) in [7, 11) is 1.71. The van der Waals surface area contributed by atoms with Gasteiger partial charge in [0.1, 0.15) is 0 Å². The molecule has 0 atom stereocenters. The average Bonchev–Trinajstić information content (AvgIpc) is 2.88. The van der Waals surface area contributed by atoms with Crippen LogP contribution in [0.2, 0.25) is 0 Å². The normalized spacial score (nSPS) is 16.3. The van der Waals surface area contributed by atoms with Crippen LogP contribution in [0.1, 0.15) is 53.1 Å². The lowest BCUT2D eigenvalue weighted by Crippen LogP contribution is -2.33. The highest BCUT2D eigenvalue weighted by Crippen LogP contribution is 2.24. The predicted octanol–water partition coefficient (Wildman–Crippen LogP) is 1.76. The minimum absolute atomic E-state index is 0.00851. The van der Waals surface area contributed by atoms with Crippen molar-refractivity contribution in [3.63, 3.8) is 0 Å². The number of nitrogens with zero attached hydrogens (tertiary/aromatic N) is 2. The second-order valence-electron chi connectivity index (χ2n) is 5.12. The third-order valence-electron chi connectivity index (χ3n) is 3.66. The Morgan fingerprint density at radius 1 is 1.42 bits per heavy atom. The van der Waals surface area contributed by atoms with Gasteiger partial charge in [0, 0.05) is 13.6 Å². The number of carboxylic acid groups (broad SMARTS) is 1. The van der Waals surface area contributed by atoms with Crippen molar-refractivity contribution in [3.05, 3.63) is 17.7 Å². The Kier molecular flexibility index (Phi) is 4.19. The van der Waals surface area contributed by atoms with E-state index in [9.17, 15) is 9.59 Å². The van der Waals surface area contributed by atoms with E-state index in [0.29, 0.717) is 12.5 Å². The third-order valence-corrected chi connectivity index (χ3v) is 3.66. The molecule has 6 heteroatoms. The van der Waals surface area contributed by atoms with Gasteiger partial charge in [0.15, 0.2) is 11.4 Å². The van der Waals surface area contributed by atoms with E-state index in [-0.39, 0.29) is 17.3 Å². The SMILES string of the molecule is CN(CC1CCCCC1)C(=O)c1nc[nH]c1C(=O)O. The Labute approximate surface area is 111 Å². The number of H-pyrrole nitrogens is 1. The number of amides is 1. The lowest BCUT2D eigenvalue weighted by molar-refractivity contribution is 0.0670. The van der Waals surface area contributed by atoms with Crippen molar-refractivity contribution in [1.82, 2.24) is 14.9 Å². The van der Waals surface area contributed by atoms with Gasteiger partial charge in [-0.15, -0.1) is 0 Å². The summed E-state index contributed by atoms with van der Waals surface area (Å²) in [4.78, 5) is 31.0. The summed E-state index contributed by atoms with van der Waals surface area (Å²) in [6, 6.07) is 0. The van der Waals surface area contributed by atoms with Gasteiger partial charge in [-0.05, 0) is 18.8 Å². The Balaban J connectivity index is 2.01. The molecule has 1 fully saturated rings. The van der Waals surface area contributed by atoms with Gasteiger partial charge in [-0.1, -0.05) is 19.3 Å². The third kappa shape index (κ3) is 3.13. The van der Waals surface area contributed by atoms with E-state index in [4.69, 9.17) is 5.11 Å². The monoisotopic (exact) mass is 265 g/mol. The molecule has 1 heterocycles. The van der Waals surface area contributed by atoms with E-state index in [1.165, 1.54) is 25.6 Å². The molecule has 0 bridgehead atoms. The Bertz CT molecular complexity index is 463. The van der Waals surface area contributed by atoms with E-state index in [1.807, 2.05) is 0 Å². The minimum Gasteiger partial charge on any atom is -0.477 e. The van der Waals surface area contributed by atoms with Crippen molar-refractivity contribution in [3.8, 4) is 0 Å². The summed E-state index contributed by atoms with van der Waals surface area (Å²) in [5.41, 5.74) is -0.147. The van der Waals surface area contributed by atoms with Gasteiger partial charge in [0.05, 0.1) is 6.33 Å². The van der Waals surface area contributed by atoms with Crippen LogP contribution in [0.15, 0.2) is 6.33 Å². The number of rotatable bonds is 4. The Morgan fingerprint density at radius 2 is 2.11 bits per heavy atom. The first-order valence-corrected chi connectivity index (χ1v) is 6.61. The van der Waals surface area contributed by atoms with E-state index in [1.54, 1.807) is 11.9 Å². The summed E-state index contributed by atoms with van der Waals surface area (Å²) >= 11 is 0. The van der Waals surface area contributed by atoms with Crippen LogP contribution in [0.3, 0.4) is 0 Å².